The fraction of sp³-hybridized carbons (Fsp3) is 0.682. The van der Waals surface area contributed by atoms with Crippen LogP contribution in [0.15, 0.2) is 30.3 Å². The van der Waals surface area contributed by atoms with Crippen LogP contribution in [-0.2, 0) is 4.74 Å². The molecule has 5 atom stereocenters. The van der Waals surface area contributed by atoms with Crippen molar-refractivity contribution in [3.8, 4) is 0 Å². The molecule has 0 aromatic heterocycles. The average molecular weight is 342 g/mol. The third kappa shape index (κ3) is 2.63. The van der Waals surface area contributed by atoms with Crippen LogP contribution in [0.5, 0.6) is 0 Å². The third-order valence-corrected chi connectivity index (χ3v) is 7.46. The van der Waals surface area contributed by atoms with Crippen molar-refractivity contribution in [3.05, 3.63) is 35.9 Å². The van der Waals surface area contributed by atoms with Crippen molar-refractivity contribution < 1.29 is 14.6 Å². The highest BCUT2D eigenvalue weighted by atomic mass is 16.5. The van der Waals surface area contributed by atoms with Gasteiger partial charge in [0.1, 0.15) is 6.10 Å². The number of fused-ring (bicyclic) bond motifs is 1. The van der Waals surface area contributed by atoms with Crippen LogP contribution in [0.2, 0.25) is 0 Å². The number of esters is 1. The lowest BCUT2D eigenvalue weighted by atomic mass is 9.49. The zero-order chi connectivity index (χ0) is 17.9. The van der Waals surface area contributed by atoms with Crippen molar-refractivity contribution in [3.63, 3.8) is 0 Å². The zero-order valence-electron chi connectivity index (χ0n) is 15.6. The molecule has 3 aliphatic rings. The maximum atomic E-state index is 12.6. The molecule has 1 aromatic rings. The molecule has 0 amide bonds. The molecule has 2 bridgehead atoms. The van der Waals surface area contributed by atoms with E-state index in [-0.39, 0.29) is 40.3 Å². The van der Waals surface area contributed by atoms with Crippen LogP contribution in [0.1, 0.15) is 69.7 Å². The van der Waals surface area contributed by atoms with E-state index in [0.29, 0.717) is 5.56 Å². The number of rotatable bonds is 2. The molecule has 0 heterocycles. The van der Waals surface area contributed by atoms with Crippen molar-refractivity contribution in [2.75, 3.05) is 0 Å². The van der Waals surface area contributed by atoms with Crippen molar-refractivity contribution in [1.82, 2.24) is 0 Å². The first kappa shape index (κ1) is 17.1. The molecule has 2 unspecified atom stereocenters. The smallest absolute Gasteiger partial charge is 0.338 e. The normalized spacial score (nSPS) is 41.8. The fourth-order valence-corrected chi connectivity index (χ4v) is 6.75. The Labute approximate surface area is 150 Å². The largest absolute Gasteiger partial charge is 0.458 e. The molecule has 3 aliphatic carbocycles. The molecular formula is C22H30O3. The summed E-state index contributed by atoms with van der Waals surface area (Å²) in [5, 5.41) is 11.0. The second-order valence-electron chi connectivity index (χ2n) is 9.74. The number of ether oxygens (including phenoxy) is 1. The number of carbonyl (C=O) groups is 1. The van der Waals surface area contributed by atoms with Gasteiger partial charge in [-0.05, 0) is 61.0 Å². The maximum Gasteiger partial charge on any atom is 0.338 e. The molecule has 4 rings (SSSR count). The number of hydrogen-bond acceptors (Lipinski definition) is 3. The molecule has 0 saturated heterocycles. The second kappa shape index (κ2) is 5.57. The highest BCUT2D eigenvalue weighted by Gasteiger charge is 2.66. The number of hydrogen-bond donors (Lipinski definition) is 1. The molecule has 3 heteroatoms. The predicted molar refractivity (Wildman–Crippen MR) is 97.2 cm³/mol. The van der Waals surface area contributed by atoms with Crippen LogP contribution in [0.4, 0.5) is 0 Å². The molecule has 0 aliphatic heterocycles. The second-order valence-corrected chi connectivity index (χ2v) is 9.74. The van der Waals surface area contributed by atoms with Gasteiger partial charge in [0.05, 0.1) is 11.7 Å². The van der Waals surface area contributed by atoms with Gasteiger partial charge in [0.2, 0.25) is 0 Å². The first-order chi connectivity index (χ1) is 11.8. The summed E-state index contributed by atoms with van der Waals surface area (Å²) < 4.78 is 6.02. The van der Waals surface area contributed by atoms with Crippen LogP contribution in [0, 0.1) is 22.2 Å². The summed E-state index contributed by atoms with van der Waals surface area (Å²) in [7, 11) is 0. The molecule has 3 saturated carbocycles. The maximum absolute atomic E-state index is 12.6. The predicted octanol–water partition coefficient (Wildman–Crippen LogP) is 4.59. The minimum Gasteiger partial charge on any atom is -0.458 e. The van der Waals surface area contributed by atoms with Gasteiger partial charge in [-0.3, -0.25) is 0 Å². The number of aliphatic hydroxyl groups is 1. The lowest BCUT2D eigenvalue weighted by Crippen LogP contribution is -2.52. The number of benzene rings is 1. The van der Waals surface area contributed by atoms with Gasteiger partial charge in [0.25, 0.3) is 0 Å². The summed E-state index contributed by atoms with van der Waals surface area (Å²) in [6.07, 6.45) is 6.16. The van der Waals surface area contributed by atoms with E-state index in [0.717, 1.165) is 19.3 Å². The molecule has 136 valence electrons. The van der Waals surface area contributed by atoms with Gasteiger partial charge in [0.15, 0.2) is 0 Å². The Morgan fingerprint density at radius 3 is 2.56 bits per heavy atom. The third-order valence-electron chi connectivity index (χ3n) is 7.46. The Kier molecular flexibility index (Phi) is 3.81. The van der Waals surface area contributed by atoms with Crippen molar-refractivity contribution in [2.24, 2.45) is 22.2 Å². The van der Waals surface area contributed by atoms with E-state index < -0.39 is 0 Å². The Morgan fingerprint density at radius 1 is 1.12 bits per heavy atom. The summed E-state index contributed by atoms with van der Waals surface area (Å²) in [6.45, 7) is 6.72. The highest BCUT2D eigenvalue weighted by molar-refractivity contribution is 5.89. The quantitative estimate of drug-likeness (QED) is 0.800. The van der Waals surface area contributed by atoms with E-state index in [1.165, 1.54) is 19.3 Å². The molecule has 3 fully saturated rings. The SMILES string of the molecule is CC1(C)C(OC(=O)c2ccccc2)C[C@]23CCC[C@](C)(C[C@@H](O)C12)C3. The molecule has 1 aromatic carbocycles. The first-order valence-electron chi connectivity index (χ1n) is 9.70. The fourth-order valence-electron chi connectivity index (χ4n) is 6.75. The molecule has 25 heavy (non-hydrogen) atoms. The van der Waals surface area contributed by atoms with Gasteiger partial charge >= 0.3 is 5.97 Å². The monoisotopic (exact) mass is 342 g/mol. The van der Waals surface area contributed by atoms with E-state index in [4.69, 9.17) is 4.74 Å². The van der Waals surface area contributed by atoms with E-state index in [2.05, 4.69) is 20.8 Å². The van der Waals surface area contributed by atoms with Gasteiger partial charge in [-0.15, -0.1) is 0 Å². The lowest BCUT2D eigenvalue weighted by molar-refractivity contribution is -0.126. The van der Waals surface area contributed by atoms with Gasteiger partial charge in [-0.25, -0.2) is 4.79 Å². The van der Waals surface area contributed by atoms with Crippen LogP contribution in [-0.4, -0.2) is 23.3 Å². The van der Waals surface area contributed by atoms with E-state index >= 15 is 0 Å². The Bertz CT molecular complexity index is 667. The molecule has 1 spiro atoms. The lowest BCUT2D eigenvalue weighted by Gasteiger charge is -2.56. The average Bonchev–Trinajstić information content (AvgIpc) is 2.73. The van der Waals surface area contributed by atoms with Crippen LogP contribution >= 0.6 is 0 Å². The van der Waals surface area contributed by atoms with Crippen molar-refractivity contribution in [2.45, 2.75) is 71.5 Å². The number of carbonyl (C=O) groups excluding carboxylic acids is 1. The van der Waals surface area contributed by atoms with E-state index in [9.17, 15) is 9.90 Å². The van der Waals surface area contributed by atoms with Gasteiger partial charge < -0.3 is 9.84 Å². The van der Waals surface area contributed by atoms with Crippen LogP contribution < -0.4 is 0 Å². The topological polar surface area (TPSA) is 46.5 Å². The summed E-state index contributed by atoms with van der Waals surface area (Å²) in [4.78, 5) is 12.6. The summed E-state index contributed by atoms with van der Waals surface area (Å²) in [5.74, 6) is -0.0104. The standard InChI is InChI=1S/C22H30O3/c1-20(2)17(25-19(24)15-8-5-4-6-9-15)13-22-11-7-10-21(3,14-22)12-16(23)18(20)22/h4-6,8-9,16-18,23H,7,10-14H2,1-3H3/t16-,17?,18?,21-,22+/m1/s1. The molecule has 0 radical (unpaired) electrons. The van der Waals surface area contributed by atoms with E-state index in [1.54, 1.807) is 0 Å². The number of aliphatic hydroxyl groups excluding tert-OH is 1. The zero-order valence-corrected chi connectivity index (χ0v) is 15.6. The molecular weight excluding hydrogens is 312 g/mol. The summed E-state index contributed by atoms with van der Waals surface area (Å²) in [6, 6.07) is 9.25. The highest BCUT2D eigenvalue weighted by Crippen LogP contribution is 2.69. The Balaban J connectivity index is 1.62. The Morgan fingerprint density at radius 2 is 1.84 bits per heavy atom. The van der Waals surface area contributed by atoms with Gasteiger partial charge in [-0.2, -0.15) is 0 Å². The van der Waals surface area contributed by atoms with E-state index in [1.807, 2.05) is 30.3 Å². The Hall–Kier alpha value is -1.35. The summed E-state index contributed by atoms with van der Waals surface area (Å²) in [5.41, 5.74) is 0.806. The minimum atomic E-state index is -0.283. The van der Waals surface area contributed by atoms with Gasteiger partial charge in [-0.1, -0.05) is 45.4 Å². The summed E-state index contributed by atoms with van der Waals surface area (Å²) >= 11 is 0. The molecule has 1 N–H and O–H groups in total. The van der Waals surface area contributed by atoms with Crippen molar-refractivity contribution >= 4 is 5.97 Å². The van der Waals surface area contributed by atoms with Crippen LogP contribution in [0.3, 0.4) is 0 Å². The molecule has 3 nitrogen and oxygen atoms in total. The van der Waals surface area contributed by atoms with Crippen LogP contribution in [0.25, 0.3) is 0 Å². The van der Waals surface area contributed by atoms with Crippen molar-refractivity contribution in [1.29, 1.82) is 0 Å². The minimum absolute atomic E-state index is 0.125. The van der Waals surface area contributed by atoms with Gasteiger partial charge in [0, 0.05) is 5.41 Å². The first-order valence-corrected chi connectivity index (χ1v) is 9.70.